The Labute approximate surface area is 99.3 Å². The molecule has 16 heavy (non-hydrogen) atoms. The fraction of sp³-hybridized carbons (Fsp3) is 1.00. The molecule has 0 bridgehead atoms. The molecule has 1 aliphatic rings. The van der Waals surface area contributed by atoms with Crippen molar-refractivity contribution in [3.63, 3.8) is 0 Å². The lowest BCUT2D eigenvalue weighted by Gasteiger charge is -2.28. The number of methoxy groups -OCH3 is 2. The first kappa shape index (κ1) is 14.1. The van der Waals surface area contributed by atoms with Crippen LogP contribution < -0.4 is 0 Å². The molecule has 0 radical (unpaired) electrons. The van der Waals surface area contributed by atoms with Gasteiger partial charge >= 0.3 is 0 Å². The van der Waals surface area contributed by atoms with Gasteiger partial charge in [-0.1, -0.05) is 6.92 Å². The fourth-order valence-electron chi connectivity index (χ4n) is 1.14. The van der Waals surface area contributed by atoms with Crippen LogP contribution in [0.2, 0.25) is 0 Å². The van der Waals surface area contributed by atoms with Crippen LogP contribution in [0.5, 0.6) is 0 Å². The van der Waals surface area contributed by atoms with Crippen molar-refractivity contribution in [2.45, 2.75) is 38.1 Å². The summed E-state index contributed by atoms with van der Waals surface area (Å²) in [6.45, 7) is 5.35. The number of ether oxygens (including phenoxy) is 4. The second kappa shape index (κ2) is 6.68. The van der Waals surface area contributed by atoms with Gasteiger partial charge in [0.2, 0.25) is 0 Å². The molecule has 0 aromatic rings. The quantitative estimate of drug-likeness (QED) is 0.332. The summed E-state index contributed by atoms with van der Waals surface area (Å²) in [6, 6.07) is 0. The summed E-state index contributed by atoms with van der Waals surface area (Å²) >= 11 is 0. The number of hydrogen-bond acceptors (Lipinski definition) is 5. The third-order valence-corrected chi connectivity index (χ3v) is 4.52. The van der Waals surface area contributed by atoms with Gasteiger partial charge < -0.3 is 23.4 Å². The molecule has 0 amide bonds. The smallest absolute Gasteiger partial charge is 0.269 e. The van der Waals surface area contributed by atoms with Crippen LogP contribution in [0.3, 0.4) is 0 Å². The first-order valence-corrected chi connectivity index (χ1v) is 7.00. The van der Waals surface area contributed by atoms with Gasteiger partial charge in [-0.3, -0.25) is 0 Å². The molecule has 1 heterocycles. The number of hydrogen-bond donors (Lipinski definition) is 0. The Morgan fingerprint density at radius 1 is 1.44 bits per heavy atom. The van der Waals surface area contributed by atoms with E-state index in [1.54, 1.807) is 21.1 Å². The molecule has 0 spiro atoms. The average molecular weight is 250 g/mol. The Kier molecular flexibility index (Phi) is 5.88. The van der Waals surface area contributed by atoms with E-state index in [4.69, 9.17) is 23.4 Å². The molecule has 0 saturated carbocycles. The van der Waals surface area contributed by atoms with Gasteiger partial charge in [-0.2, -0.15) is 0 Å². The van der Waals surface area contributed by atoms with Crippen LogP contribution >= 0.6 is 0 Å². The Morgan fingerprint density at radius 3 is 2.50 bits per heavy atom. The molecule has 5 nitrogen and oxygen atoms in total. The second-order valence-electron chi connectivity index (χ2n) is 3.90. The largest absolute Gasteiger partial charge is 0.377 e. The topological polar surface area (TPSA) is 49.5 Å². The van der Waals surface area contributed by atoms with Gasteiger partial charge in [0.25, 0.3) is 5.97 Å². The Bertz CT molecular complexity index is 194. The Morgan fingerprint density at radius 2 is 2.06 bits per heavy atom. The molecule has 6 heteroatoms. The van der Waals surface area contributed by atoms with Crippen molar-refractivity contribution in [1.29, 1.82) is 0 Å². The normalized spacial score (nSPS) is 22.9. The molecule has 2 atom stereocenters. The second-order valence-corrected chi connectivity index (χ2v) is 5.43. The molecule has 96 valence electrons. The highest BCUT2D eigenvalue weighted by Crippen LogP contribution is 2.14. The summed E-state index contributed by atoms with van der Waals surface area (Å²) < 4.78 is 26.7. The lowest BCUT2D eigenvalue weighted by Crippen LogP contribution is -2.38. The van der Waals surface area contributed by atoms with Crippen LogP contribution in [0.25, 0.3) is 0 Å². The molecular weight excluding hydrogens is 228 g/mol. The standard InChI is InChI=1S/C10H22O5Si/c1-5-9(14-7-8-6-13-8)16-15-10(2,11-3)12-4/h8-9H,5-7,16H2,1-4H3. The molecule has 1 rings (SSSR count). The van der Waals surface area contributed by atoms with Gasteiger partial charge in [0.15, 0.2) is 9.76 Å². The summed E-state index contributed by atoms with van der Waals surface area (Å²) in [6.07, 6.45) is 1.25. The van der Waals surface area contributed by atoms with Crippen LogP contribution in [-0.2, 0) is 23.4 Å². The van der Waals surface area contributed by atoms with Gasteiger partial charge in [-0.25, -0.2) is 0 Å². The van der Waals surface area contributed by atoms with Crippen molar-refractivity contribution >= 4 is 9.76 Å². The Balaban J connectivity index is 2.20. The van der Waals surface area contributed by atoms with Crippen LogP contribution in [0.1, 0.15) is 20.3 Å². The van der Waals surface area contributed by atoms with Gasteiger partial charge in [0, 0.05) is 21.1 Å². The van der Waals surface area contributed by atoms with E-state index in [1.807, 2.05) is 0 Å². The van der Waals surface area contributed by atoms with Gasteiger partial charge in [0.05, 0.1) is 18.9 Å². The molecule has 1 fully saturated rings. The van der Waals surface area contributed by atoms with E-state index < -0.39 is 15.7 Å². The van der Waals surface area contributed by atoms with Crippen LogP contribution in [0.15, 0.2) is 0 Å². The highest BCUT2D eigenvalue weighted by atomic mass is 28.2. The predicted octanol–water partition coefficient (Wildman–Crippen LogP) is 0.205. The zero-order valence-electron chi connectivity index (χ0n) is 10.5. The average Bonchev–Trinajstić information content (AvgIpc) is 3.13. The molecule has 1 aliphatic heterocycles. The minimum Gasteiger partial charge on any atom is -0.377 e. The van der Waals surface area contributed by atoms with Gasteiger partial charge in [-0.05, 0) is 6.42 Å². The predicted molar refractivity (Wildman–Crippen MR) is 61.8 cm³/mol. The van der Waals surface area contributed by atoms with Crippen LogP contribution in [0, 0.1) is 0 Å². The third-order valence-electron chi connectivity index (χ3n) is 2.65. The maximum Gasteiger partial charge on any atom is 0.269 e. The van der Waals surface area contributed by atoms with Crippen molar-refractivity contribution in [2.24, 2.45) is 0 Å². The van der Waals surface area contributed by atoms with E-state index in [1.165, 1.54) is 0 Å². The van der Waals surface area contributed by atoms with E-state index in [9.17, 15) is 0 Å². The third kappa shape index (κ3) is 4.90. The minimum absolute atomic E-state index is 0.189. The summed E-state index contributed by atoms with van der Waals surface area (Å²) in [5, 5.41) is 0. The molecule has 0 aromatic carbocycles. The van der Waals surface area contributed by atoms with E-state index in [-0.39, 0.29) is 5.73 Å². The van der Waals surface area contributed by atoms with Crippen LogP contribution in [0.4, 0.5) is 0 Å². The number of epoxide rings is 1. The Hall–Kier alpha value is 0.0169. The molecule has 2 unspecified atom stereocenters. The maximum absolute atomic E-state index is 5.70. The molecule has 1 saturated heterocycles. The zero-order chi connectivity index (χ0) is 12.0. The minimum atomic E-state index is -0.931. The van der Waals surface area contributed by atoms with E-state index >= 15 is 0 Å². The van der Waals surface area contributed by atoms with Crippen molar-refractivity contribution < 1.29 is 23.4 Å². The van der Waals surface area contributed by atoms with E-state index in [0.29, 0.717) is 12.7 Å². The van der Waals surface area contributed by atoms with Crippen molar-refractivity contribution in [3.05, 3.63) is 0 Å². The van der Waals surface area contributed by atoms with Gasteiger partial charge in [-0.15, -0.1) is 0 Å². The molecule has 0 aliphatic carbocycles. The van der Waals surface area contributed by atoms with E-state index in [2.05, 4.69) is 6.92 Å². The highest BCUT2D eigenvalue weighted by molar-refractivity contribution is 6.29. The maximum atomic E-state index is 5.70. The summed E-state index contributed by atoms with van der Waals surface area (Å²) in [7, 11) is 2.29. The van der Waals surface area contributed by atoms with Gasteiger partial charge in [0.1, 0.15) is 6.10 Å². The summed E-state index contributed by atoms with van der Waals surface area (Å²) in [5.41, 5.74) is 0.189. The molecule has 0 N–H and O–H groups in total. The van der Waals surface area contributed by atoms with Crippen LogP contribution in [-0.4, -0.2) is 55.0 Å². The lowest BCUT2D eigenvalue weighted by atomic mass is 10.5. The number of rotatable bonds is 9. The summed E-state index contributed by atoms with van der Waals surface area (Å²) in [5.74, 6) is -0.931. The monoisotopic (exact) mass is 250 g/mol. The highest BCUT2D eigenvalue weighted by Gasteiger charge is 2.27. The lowest BCUT2D eigenvalue weighted by molar-refractivity contribution is -0.312. The van der Waals surface area contributed by atoms with Crippen molar-refractivity contribution in [1.82, 2.24) is 0 Å². The van der Waals surface area contributed by atoms with Crippen molar-refractivity contribution in [2.75, 3.05) is 27.4 Å². The fourth-order valence-corrected chi connectivity index (χ4v) is 2.33. The first-order valence-electron chi connectivity index (χ1n) is 5.61. The van der Waals surface area contributed by atoms with E-state index in [0.717, 1.165) is 13.0 Å². The zero-order valence-corrected chi connectivity index (χ0v) is 11.9. The van der Waals surface area contributed by atoms with Crippen molar-refractivity contribution in [3.8, 4) is 0 Å². The first-order chi connectivity index (χ1) is 7.63. The summed E-state index contributed by atoms with van der Waals surface area (Å²) in [4.78, 5) is 0. The SMILES string of the molecule is CCC(OCC1CO1)[SiH2]OC(C)(OC)OC. The molecular formula is C10H22O5Si. The molecule has 0 aromatic heterocycles.